The lowest BCUT2D eigenvalue weighted by Gasteiger charge is -2.35. The van der Waals surface area contributed by atoms with E-state index in [9.17, 15) is 18.0 Å². The Morgan fingerprint density at radius 3 is 2.15 bits per heavy atom. The molecule has 1 aliphatic carbocycles. The van der Waals surface area contributed by atoms with Gasteiger partial charge in [-0.1, -0.05) is 79.4 Å². The Hall–Kier alpha value is -2.92. The van der Waals surface area contributed by atoms with E-state index >= 15 is 0 Å². The van der Waals surface area contributed by atoms with E-state index < -0.39 is 28.5 Å². The first-order valence-corrected chi connectivity index (χ1v) is 17.0. The monoisotopic (exact) mass is 687 g/mol. The summed E-state index contributed by atoms with van der Waals surface area (Å²) in [5, 5.41) is 3.23. The first-order chi connectivity index (χ1) is 19.6. The minimum atomic E-state index is -3.78. The predicted octanol–water partition coefficient (Wildman–Crippen LogP) is 5.45. The van der Waals surface area contributed by atoms with E-state index in [2.05, 4.69) is 27.9 Å². The molecule has 0 bridgehead atoms. The predicted molar refractivity (Wildman–Crippen MR) is 172 cm³/mol. The summed E-state index contributed by atoms with van der Waals surface area (Å²) in [5.41, 5.74) is 3.29. The number of aryl methyl sites for hydroxylation is 1. The van der Waals surface area contributed by atoms with Crippen LogP contribution in [0.3, 0.4) is 0 Å². The second-order valence-corrected chi connectivity index (χ2v) is 14.0. The average Bonchev–Trinajstić information content (AvgIpc) is 2.95. The number of anilines is 1. The molecule has 3 aromatic rings. The highest BCUT2D eigenvalue weighted by Gasteiger charge is 2.34. The van der Waals surface area contributed by atoms with Gasteiger partial charge in [0.15, 0.2) is 0 Å². The van der Waals surface area contributed by atoms with Gasteiger partial charge in [-0.2, -0.15) is 0 Å². The summed E-state index contributed by atoms with van der Waals surface area (Å²) in [7, 11) is -3.78. The van der Waals surface area contributed by atoms with Crippen LogP contribution in [0.5, 0.6) is 0 Å². The van der Waals surface area contributed by atoms with E-state index in [-0.39, 0.29) is 18.5 Å². The topological polar surface area (TPSA) is 86.8 Å². The Morgan fingerprint density at radius 2 is 1.54 bits per heavy atom. The molecular formula is C32H38IN3O4S. The molecule has 1 N–H and O–H groups in total. The zero-order chi connectivity index (χ0) is 29.4. The van der Waals surface area contributed by atoms with Gasteiger partial charge in [0.25, 0.3) is 0 Å². The van der Waals surface area contributed by atoms with Gasteiger partial charge in [0.2, 0.25) is 21.8 Å². The van der Waals surface area contributed by atoms with E-state index in [4.69, 9.17) is 0 Å². The van der Waals surface area contributed by atoms with Gasteiger partial charge in [-0.3, -0.25) is 13.9 Å². The number of nitrogens with one attached hydrogen (secondary N) is 1. The molecule has 0 radical (unpaired) electrons. The lowest BCUT2D eigenvalue weighted by Crippen LogP contribution is -2.55. The molecule has 2 amide bonds. The molecule has 1 fully saturated rings. The number of sulfonamides is 1. The number of hydrogen-bond acceptors (Lipinski definition) is 4. The van der Waals surface area contributed by atoms with E-state index in [0.717, 1.165) is 62.9 Å². The number of halogens is 1. The van der Waals surface area contributed by atoms with Crippen LogP contribution in [0.1, 0.15) is 48.8 Å². The third-order valence-corrected chi connectivity index (χ3v) is 9.35. The van der Waals surface area contributed by atoms with Crippen LogP contribution in [0.4, 0.5) is 5.69 Å². The molecule has 0 spiro atoms. The molecule has 4 rings (SSSR count). The zero-order valence-corrected chi connectivity index (χ0v) is 26.6. The summed E-state index contributed by atoms with van der Waals surface area (Å²) in [6.07, 6.45) is 6.56. The lowest BCUT2D eigenvalue weighted by molar-refractivity contribution is -0.140. The van der Waals surface area contributed by atoms with Gasteiger partial charge >= 0.3 is 0 Å². The standard InChI is InChI=1S/C32H38IN3O4S/c1-24-13-15-26(16-14-24)22-35(31(37)23-36(41(2,39)40)29-19-17-27(33)18-20-29)30(21-25-9-5-3-6-10-25)32(38)34-28-11-7-4-8-12-28/h3,5-6,9-10,13-20,28,30H,4,7-8,11-12,21-23H2,1-2H3,(H,34,38)/t30-/m1/s1. The highest BCUT2D eigenvalue weighted by molar-refractivity contribution is 14.1. The number of rotatable bonds is 11. The van der Waals surface area contributed by atoms with Gasteiger partial charge in [0.05, 0.1) is 11.9 Å². The van der Waals surface area contributed by atoms with Crippen LogP contribution in [0.2, 0.25) is 0 Å². The molecule has 218 valence electrons. The van der Waals surface area contributed by atoms with Crippen LogP contribution < -0.4 is 9.62 Å². The molecule has 41 heavy (non-hydrogen) atoms. The van der Waals surface area contributed by atoms with Crippen molar-refractivity contribution < 1.29 is 18.0 Å². The minimum Gasteiger partial charge on any atom is -0.352 e. The van der Waals surface area contributed by atoms with Crippen molar-refractivity contribution in [2.24, 2.45) is 0 Å². The fraction of sp³-hybridized carbons (Fsp3) is 0.375. The van der Waals surface area contributed by atoms with E-state index in [1.165, 1.54) is 0 Å². The van der Waals surface area contributed by atoms with Gasteiger partial charge in [-0.05, 0) is 77.7 Å². The Labute approximate surface area is 257 Å². The molecule has 0 heterocycles. The molecule has 1 atom stereocenters. The fourth-order valence-electron chi connectivity index (χ4n) is 5.21. The lowest BCUT2D eigenvalue weighted by atomic mass is 9.94. The number of carbonyl (C=O) groups is 2. The summed E-state index contributed by atoms with van der Waals surface area (Å²) in [5.74, 6) is -0.643. The second kappa shape index (κ2) is 14.3. The minimum absolute atomic E-state index is 0.0742. The maximum Gasteiger partial charge on any atom is 0.244 e. The van der Waals surface area contributed by atoms with E-state index in [0.29, 0.717) is 12.1 Å². The second-order valence-electron chi connectivity index (χ2n) is 10.8. The SMILES string of the molecule is Cc1ccc(CN(C(=O)CN(c2ccc(I)cc2)S(C)(=O)=O)[C@H](Cc2ccccc2)C(=O)NC2CCCCC2)cc1. The zero-order valence-electron chi connectivity index (χ0n) is 23.6. The molecule has 0 saturated heterocycles. The highest BCUT2D eigenvalue weighted by atomic mass is 127. The summed E-state index contributed by atoms with van der Waals surface area (Å²) in [6.45, 7) is 1.76. The van der Waals surface area contributed by atoms with Crippen LogP contribution in [0.25, 0.3) is 0 Å². The molecular weight excluding hydrogens is 649 g/mol. The van der Waals surface area contributed by atoms with Crippen LogP contribution in [0.15, 0.2) is 78.9 Å². The number of nitrogens with zero attached hydrogens (tertiary/aromatic N) is 2. The van der Waals surface area contributed by atoms with Crippen molar-refractivity contribution in [1.82, 2.24) is 10.2 Å². The molecule has 1 saturated carbocycles. The highest BCUT2D eigenvalue weighted by Crippen LogP contribution is 2.23. The number of hydrogen-bond donors (Lipinski definition) is 1. The fourth-order valence-corrected chi connectivity index (χ4v) is 6.42. The smallest absolute Gasteiger partial charge is 0.244 e. The molecule has 0 unspecified atom stereocenters. The van der Waals surface area contributed by atoms with E-state index in [1.54, 1.807) is 29.2 Å². The van der Waals surface area contributed by atoms with Crippen molar-refractivity contribution in [3.05, 3.63) is 99.1 Å². The van der Waals surface area contributed by atoms with Gasteiger partial charge in [-0.15, -0.1) is 0 Å². The van der Waals surface area contributed by atoms with Crippen molar-refractivity contribution in [3.63, 3.8) is 0 Å². The third kappa shape index (κ3) is 9.03. The molecule has 9 heteroatoms. The van der Waals surface area contributed by atoms with Crippen molar-refractivity contribution >= 4 is 50.1 Å². The first-order valence-electron chi connectivity index (χ1n) is 14.0. The Morgan fingerprint density at radius 1 is 0.902 bits per heavy atom. The maximum absolute atomic E-state index is 14.2. The summed E-state index contributed by atoms with van der Waals surface area (Å²) in [4.78, 5) is 29.7. The summed E-state index contributed by atoms with van der Waals surface area (Å²) < 4.78 is 27.9. The Kier molecular flexibility index (Phi) is 10.8. The Balaban J connectivity index is 1.71. The van der Waals surface area contributed by atoms with Crippen molar-refractivity contribution in [2.45, 2.75) is 64.1 Å². The quantitative estimate of drug-likeness (QED) is 0.272. The van der Waals surface area contributed by atoms with Crippen LogP contribution >= 0.6 is 22.6 Å². The summed E-state index contributed by atoms with van der Waals surface area (Å²) >= 11 is 2.15. The van der Waals surface area contributed by atoms with Gasteiger partial charge in [0, 0.05) is 22.6 Å². The number of carbonyl (C=O) groups excluding carboxylic acids is 2. The van der Waals surface area contributed by atoms with Gasteiger partial charge in [-0.25, -0.2) is 8.42 Å². The Bertz CT molecular complexity index is 1410. The normalized spacial score (nSPS) is 14.7. The van der Waals surface area contributed by atoms with Crippen molar-refractivity contribution in [2.75, 3.05) is 17.1 Å². The number of amides is 2. The molecule has 0 aromatic heterocycles. The average molecular weight is 688 g/mol. The molecule has 1 aliphatic rings. The van der Waals surface area contributed by atoms with Crippen LogP contribution in [-0.2, 0) is 32.6 Å². The number of benzene rings is 3. The van der Waals surface area contributed by atoms with E-state index in [1.807, 2.05) is 61.5 Å². The van der Waals surface area contributed by atoms with Crippen molar-refractivity contribution in [3.8, 4) is 0 Å². The molecule has 0 aliphatic heterocycles. The first kappa shape index (κ1) is 31.0. The summed E-state index contributed by atoms with van der Waals surface area (Å²) in [6, 6.07) is 23.7. The van der Waals surface area contributed by atoms with Crippen LogP contribution in [-0.4, -0.2) is 50.0 Å². The van der Waals surface area contributed by atoms with Crippen LogP contribution in [0, 0.1) is 10.5 Å². The van der Waals surface area contributed by atoms with Crippen molar-refractivity contribution in [1.29, 1.82) is 0 Å². The maximum atomic E-state index is 14.2. The van der Waals surface area contributed by atoms with Gasteiger partial charge in [0.1, 0.15) is 12.6 Å². The van der Waals surface area contributed by atoms with Gasteiger partial charge < -0.3 is 10.2 Å². The third-order valence-electron chi connectivity index (χ3n) is 7.49. The molecule has 7 nitrogen and oxygen atoms in total. The largest absolute Gasteiger partial charge is 0.352 e. The molecule has 3 aromatic carbocycles.